The van der Waals surface area contributed by atoms with Gasteiger partial charge < -0.3 is 10.2 Å². The molecule has 0 unspecified atom stereocenters. The van der Waals surface area contributed by atoms with Crippen molar-refractivity contribution in [2.75, 3.05) is 50.7 Å². The number of carbonyl (C=O) groups excluding carboxylic acids is 1. The summed E-state index contributed by atoms with van der Waals surface area (Å²) in [5, 5.41) is 2.91. The van der Waals surface area contributed by atoms with Crippen molar-refractivity contribution < 1.29 is 18.0 Å². The zero-order valence-corrected chi connectivity index (χ0v) is 20.9. The molecular weight excluding hydrogens is 467 g/mol. The zero-order valence-electron chi connectivity index (χ0n) is 20.9. The first-order valence-electron chi connectivity index (χ1n) is 12.9. The monoisotopic (exact) mass is 503 g/mol. The Kier molecular flexibility index (Phi) is 8.85. The minimum atomic E-state index is -4.33. The molecule has 1 aromatic heterocycles. The van der Waals surface area contributed by atoms with Crippen LogP contribution in [0.1, 0.15) is 37.3 Å². The van der Waals surface area contributed by atoms with Crippen LogP contribution in [-0.2, 0) is 17.5 Å². The molecule has 0 spiro atoms. The zero-order chi connectivity index (χ0) is 25.5. The number of rotatable bonds is 8. The Morgan fingerprint density at radius 2 is 1.92 bits per heavy atom. The van der Waals surface area contributed by atoms with E-state index in [1.54, 1.807) is 12.3 Å². The molecule has 1 N–H and O–H groups in total. The van der Waals surface area contributed by atoms with Crippen LogP contribution in [0.2, 0.25) is 0 Å². The van der Waals surface area contributed by atoms with Crippen molar-refractivity contribution in [3.63, 3.8) is 0 Å². The fourth-order valence-corrected chi connectivity index (χ4v) is 5.55. The lowest BCUT2D eigenvalue weighted by molar-refractivity contribution is -0.137. The summed E-state index contributed by atoms with van der Waals surface area (Å²) in [6.45, 7) is 8.32. The molecule has 196 valence electrons. The number of nitrogens with zero attached hydrogens (tertiary/aromatic N) is 4. The molecule has 6 nitrogen and oxygen atoms in total. The van der Waals surface area contributed by atoms with E-state index in [1.165, 1.54) is 17.7 Å². The maximum atomic E-state index is 13.2. The number of hydrogen-bond donors (Lipinski definition) is 1. The third-order valence-corrected chi connectivity index (χ3v) is 7.34. The van der Waals surface area contributed by atoms with E-state index in [1.807, 2.05) is 24.1 Å². The molecule has 36 heavy (non-hydrogen) atoms. The topological polar surface area (TPSA) is 51.7 Å². The van der Waals surface area contributed by atoms with Gasteiger partial charge in [0.25, 0.3) is 0 Å². The highest BCUT2D eigenvalue weighted by Crippen LogP contribution is 2.33. The van der Waals surface area contributed by atoms with Crippen molar-refractivity contribution in [2.24, 2.45) is 5.92 Å². The lowest BCUT2D eigenvalue weighted by Crippen LogP contribution is -2.56. The molecule has 4 rings (SSSR count). The summed E-state index contributed by atoms with van der Waals surface area (Å²) >= 11 is 0. The first kappa shape index (κ1) is 26.4. The molecule has 0 aliphatic carbocycles. The normalized spacial score (nSPS) is 21.9. The molecule has 2 atom stereocenters. The van der Waals surface area contributed by atoms with Gasteiger partial charge in [-0.05, 0) is 62.1 Å². The predicted molar refractivity (Wildman–Crippen MR) is 135 cm³/mol. The Bertz CT molecular complexity index is 979. The number of halogens is 3. The molecule has 3 heterocycles. The van der Waals surface area contributed by atoms with Crippen molar-refractivity contribution in [2.45, 2.75) is 44.9 Å². The number of alkyl halides is 3. The summed E-state index contributed by atoms with van der Waals surface area (Å²) in [6.07, 6.45) is 1.71. The second-order valence-corrected chi connectivity index (χ2v) is 9.78. The van der Waals surface area contributed by atoms with E-state index in [0.717, 1.165) is 51.6 Å². The standard InChI is InChI=1S/C27H36F3N5O/c1-2-32-26(36)9-8-22-20-33(19-21-5-4-11-31-18-21)12-10-25(22)35-15-13-34(14-16-35)24-7-3-6-23(17-24)27(28,29)30/h3-7,11,17-18,22,25H,2,8-10,12-16,19-20H2,1H3,(H,32,36)/t22-,25+/m0/s1. The maximum absolute atomic E-state index is 13.2. The van der Waals surface area contributed by atoms with Crippen LogP contribution in [0.3, 0.4) is 0 Å². The summed E-state index contributed by atoms with van der Waals surface area (Å²) in [5.74, 6) is 0.452. The van der Waals surface area contributed by atoms with E-state index in [2.05, 4.69) is 26.2 Å². The SMILES string of the molecule is CCNC(=O)CC[C@H]1CN(Cc2cccnc2)CC[C@H]1N1CCN(c2cccc(C(F)(F)F)c2)CC1. The van der Waals surface area contributed by atoms with Gasteiger partial charge in [0.1, 0.15) is 0 Å². The first-order valence-corrected chi connectivity index (χ1v) is 12.9. The highest BCUT2D eigenvalue weighted by Gasteiger charge is 2.35. The van der Waals surface area contributed by atoms with E-state index in [4.69, 9.17) is 0 Å². The van der Waals surface area contributed by atoms with Gasteiger partial charge in [0, 0.05) is 76.4 Å². The van der Waals surface area contributed by atoms with Gasteiger partial charge >= 0.3 is 6.18 Å². The lowest BCUT2D eigenvalue weighted by Gasteiger charge is -2.47. The Morgan fingerprint density at radius 1 is 1.11 bits per heavy atom. The fraction of sp³-hybridized carbons (Fsp3) is 0.556. The number of hydrogen-bond acceptors (Lipinski definition) is 5. The second-order valence-electron chi connectivity index (χ2n) is 9.78. The van der Waals surface area contributed by atoms with Gasteiger partial charge in [0.15, 0.2) is 0 Å². The van der Waals surface area contributed by atoms with Crippen LogP contribution in [0.15, 0.2) is 48.8 Å². The number of anilines is 1. The van der Waals surface area contributed by atoms with Crippen molar-refractivity contribution in [3.05, 3.63) is 59.9 Å². The highest BCUT2D eigenvalue weighted by atomic mass is 19.4. The van der Waals surface area contributed by atoms with Gasteiger partial charge in [0.2, 0.25) is 5.91 Å². The quantitative estimate of drug-likeness (QED) is 0.590. The van der Waals surface area contributed by atoms with Crippen LogP contribution in [0, 0.1) is 5.92 Å². The van der Waals surface area contributed by atoms with Gasteiger partial charge in [-0.3, -0.25) is 19.6 Å². The highest BCUT2D eigenvalue weighted by molar-refractivity contribution is 5.75. The van der Waals surface area contributed by atoms with Crippen molar-refractivity contribution in [1.29, 1.82) is 0 Å². The number of benzene rings is 1. The molecule has 0 saturated carbocycles. The number of likely N-dealkylation sites (tertiary alicyclic amines) is 1. The van der Waals surface area contributed by atoms with Gasteiger partial charge in [0.05, 0.1) is 5.56 Å². The van der Waals surface area contributed by atoms with Gasteiger partial charge in [-0.25, -0.2) is 0 Å². The molecule has 1 aromatic carbocycles. The Morgan fingerprint density at radius 3 is 2.61 bits per heavy atom. The Labute approximate surface area is 211 Å². The number of carbonyl (C=O) groups is 1. The summed E-state index contributed by atoms with van der Waals surface area (Å²) in [7, 11) is 0. The number of pyridine rings is 1. The Hall–Kier alpha value is -2.65. The van der Waals surface area contributed by atoms with Crippen molar-refractivity contribution >= 4 is 11.6 Å². The molecule has 0 radical (unpaired) electrons. The molecule has 0 bridgehead atoms. The van der Waals surface area contributed by atoms with E-state index < -0.39 is 11.7 Å². The predicted octanol–water partition coefficient (Wildman–Crippen LogP) is 4.03. The minimum Gasteiger partial charge on any atom is -0.369 e. The largest absolute Gasteiger partial charge is 0.416 e. The molecule has 2 saturated heterocycles. The summed E-state index contributed by atoms with van der Waals surface area (Å²) in [6, 6.07) is 10.0. The minimum absolute atomic E-state index is 0.0926. The number of piperazine rings is 1. The first-order chi connectivity index (χ1) is 17.3. The van der Waals surface area contributed by atoms with E-state index in [0.29, 0.717) is 43.7 Å². The average Bonchev–Trinajstić information content (AvgIpc) is 2.88. The summed E-state index contributed by atoms with van der Waals surface area (Å²) in [4.78, 5) is 23.4. The molecule has 2 fully saturated rings. The van der Waals surface area contributed by atoms with E-state index in [-0.39, 0.29) is 5.91 Å². The molecule has 2 aromatic rings. The molecule has 2 aliphatic rings. The average molecular weight is 504 g/mol. The molecule has 9 heteroatoms. The third kappa shape index (κ3) is 6.97. The molecule has 1 amide bonds. The number of aromatic nitrogens is 1. The number of piperidine rings is 1. The van der Waals surface area contributed by atoms with Crippen LogP contribution in [0.5, 0.6) is 0 Å². The van der Waals surface area contributed by atoms with Gasteiger partial charge in [-0.2, -0.15) is 13.2 Å². The van der Waals surface area contributed by atoms with Crippen LogP contribution in [-0.4, -0.2) is 72.5 Å². The second kappa shape index (κ2) is 12.1. The van der Waals surface area contributed by atoms with Crippen molar-refractivity contribution in [3.8, 4) is 0 Å². The van der Waals surface area contributed by atoms with E-state index in [9.17, 15) is 18.0 Å². The molecule has 2 aliphatic heterocycles. The third-order valence-electron chi connectivity index (χ3n) is 7.34. The number of nitrogens with one attached hydrogen (secondary N) is 1. The van der Waals surface area contributed by atoms with Gasteiger partial charge in [-0.1, -0.05) is 12.1 Å². The number of amides is 1. The van der Waals surface area contributed by atoms with Gasteiger partial charge in [-0.15, -0.1) is 0 Å². The maximum Gasteiger partial charge on any atom is 0.416 e. The van der Waals surface area contributed by atoms with Crippen LogP contribution >= 0.6 is 0 Å². The van der Waals surface area contributed by atoms with E-state index >= 15 is 0 Å². The fourth-order valence-electron chi connectivity index (χ4n) is 5.55. The van der Waals surface area contributed by atoms with Crippen LogP contribution in [0.4, 0.5) is 18.9 Å². The summed E-state index contributed by atoms with van der Waals surface area (Å²) < 4.78 is 39.5. The van der Waals surface area contributed by atoms with Crippen LogP contribution < -0.4 is 10.2 Å². The van der Waals surface area contributed by atoms with Crippen molar-refractivity contribution in [1.82, 2.24) is 20.1 Å². The Balaban J connectivity index is 1.39. The van der Waals surface area contributed by atoms with Crippen LogP contribution in [0.25, 0.3) is 0 Å². The smallest absolute Gasteiger partial charge is 0.369 e. The lowest BCUT2D eigenvalue weighted by atomic mass is 9.86. The summed E-state index contributed by atoms with van der Waals surface area (Å²) in [5.41, 5.74) is 1.21. The molecular formula is C27H36F3N5O.